The molecule has 3 aromatic rings. The molecule has 0 aliphatic carbocycles. The van der Waals surface area contributed by atoms with Gasteiger partial charge in [0.1, 0.15) is 18.2 Å². The molecule has 32 heavy (non-hydrogen) atoms. The quantitative estimate of drug-likeness (QED) is 0.439. The van der Waals surface area contributed by atoms with Crippen LogP contribution in [0.4, 0.5) is 4.39 Å². The van der Waals surface area contributed by atoms with Crippen LogP contribution in [0.2, 0.25) is 0 Å². The Morgan fingerprint density at radius 2 is 1.84 bits per heavy atom. The Bertz CT molecular complexity index is 1130. The zero-order valence-corrected chi connectivity index (χ0v) is 19.3. The van der Waals surface area contributed by atoms with Crippen molar-refractivity contribution in [1.82, 2.24) is 14.5 Å². The number of H-pyrrole nitrogens is 1. The molecule has 0 saturated heterocycles. The Morgan fingerprint density at radius 1 is 1.09 bits per heavy atom. The number of aryl methyl sites for hydroxylation is 2. The summed E-state index contributed by atoms with van der Waals surface area (Å²) in [6, 6.07) is 12.9. The van der Waals surface area contributed by atoms with Gasteiger partial charge in [0.2, 0.25) is 10.0 Å². The van der Waals surface area contributed by atoms with Crippen LogP contribution in [0.3, 0.4) is 0 Å². The summed E-state index contributed by atoms with van der Waals surface area (Å²) in [5.74, 6) is 0.345. The summed E-state index contributed by atoms with van der Waals surface area (Å²) >= 11 is 0. The van der Waals surface area contributed by atoms with E-state index >= 15 is 0 Å². The maximum Gasteiger partial charge on any atom is 0.242 e. The molecule has 0 atom stereocenters. The van der Waals surface area contributed by atoms with Gasteiger partial charge in [-0.2, -0.15) is 5.10 Å². The summed E-state index contributed by atoms with van der Waals surface area (Å²) in [4.78, 5) is 0.233. The molecule has 0 aliphatic heterocycles. The molecule has 1 N–H and O–H groups in total. The van der Waals surface area contributed by atoms with Gasteiger partial charge in [0.25, 0.3) is 0 Å². The predicted octanol–water partition coefficient (Wildman–Crippen LogP) is 3.80. The largest absolute Gasteiger partial charge is 0.491 e. The number of rotatable bonds is 11. The number of nitrogens with zero attached hydrogens (tertiary/aromatic N) is 2. The average Bonchev–Trinajstić information content (AvgIpc) is 3.24. The lowest BCUT2D eigenvalue weighted by molar-refractivity contribution is 0.146. The molecule has 0 radical (unpaired) electrons. The van der Waals surface area contributed by atoms with Crippen LogP contribution in [0.1, 0.15) is 17.7 Å². The first-order valence-corrected chi connectivity index (χ1v) is 11.7. The van der Waals surface area contributed by atoms with Crippen molar-refractivity contribution in [2.75, 3.05) is 33.9 Å². The second kappa shape index (κ2) is 10.7. The van der Waals surface area contributed by atoms with E-state index in [2.05, 4.69) is 10.2 Å². The maximum absolute atomic E-state index is 13.1. The van der Waals surface area contributed by atoms with E-state index in [1.807, 2.05) is 13.0 Å². The monoisotopic (exact) mass is 461 g/mol. The fraction of sp³-hybridized carbons (Fsp3) is 0.348. The van der Waals surface area contributed by atoms with Gasteiger partial charge in [0.05, 0.1) is 17.2 Å². The molecule has 0 aliphatic rings. The van der Waals surface area contributed by atoms with E-state index in [-0.39, 0.29) is 10.7 Å². The van der Waals surface area contributed by atoms with Crippen LogP contribution in [0.5, 0.6) is 5.75 Å². The fourth-order valence-electron chi connectivity index (χ4n) is 3.23. The van der Waals surface area contributed by atoms with E-state index in [9.17, 15) is 12.8 Å². The van der Waals surface area contributed by atoms with Crippen molar-refractivity contribution in [3.8, 4) is 17.0 Å². The van der Waals surface area contributed by atoms with Gasteiger partial charge in [-0.1, -0.05) is 0 Å². The normalized spacial score (nSPS) is 11.8. The Balaban J connectivity index is 1.56. The van der Waals surface area contributed by atoms with E-state index in [1.165, 1.54) is 16.4 Å². The topological polar surface area (TPSA) is 84.5 Å². The highest BCUT2D eigenvalue weighted by Crippen LogP contribution is 2.24. The SMILES string of the molecule is COCCOc1ccc(S(=O)(=O)N(C)CCCc2cc(-c3ccc(F)cc3)n[nH]2)cc1C. The van der Waals surface area contributed by atoms with E-state index in [4.69, 9.17) is 9.47 Å². The lowest BCUT2D eigenvalue weighted by Gasteiger charge is -2.18. The Hall–Kier alpha value is -2.75. The number of methoxy groups -OCH3 is 1. The number of benzene rings is 2. The predicted molar refractivity (Wildman–Crippen MR) is 121 cm³/mol. The summed E-state index contributed by atoms with van der Waals surface area (Å²) in [6.07, 6.45) is 1.26. The summed E-state index contributed by atoms with van der Waals surface area (Å²) in [5, 5.41) is 7.22. The number of aromatic nitrogens is 2. The molecule has 1 heterocycles. The van der Waals surface area contributed by atoms with Crippen LogP contribution < -0.4 is 4.74 Å². The van der Waals surface area contributed by atoms with Crippen LogP contribution >= 0.6 is 0 Å². The smallest absolute Gasteiger partial charge is 0.242 e. The zero-order chi connectivity index (χ0) is 23.1. The molecule has 1 aromatic heterocycles. The van der Waals surface area contributed by atoms with Crippen molar-refractivity contribution < 1.29 is 22.3 Å². The number of halogens is 1. The number of hydrogen-bond donors (Lipinski definition) is 1. The van der Waals surface area contributed by atoms with Crippen molar-refractivity contribution >= 4 is 10.0 Å². The first-order valence-electron chi connectivity index (χ1n) is 10.3. The standard InChI is InChI=1S/C23H28FN3O4S/c1-17-15-21(10-11-23(17)31-14-13-30-3)32(28,29)27(2)12-4-5-20-16-22(26-25-20)18-6-8-19(24)9-7-18/h6-11,15-16H,4-5,12-14H2,1-3H3,(H,25,26). The molecular weight excluding hydrogens is 433 g/mol. The third kappa shape index (κ3) is 5.93. The summed E-state index contributed by atoms with van der Waals surface area (Å²) in [7, 11) is -0.438. The molecule has 0 amide bonds. The zero-order valence-electron chi connectivity index (χ0n) is 18.5. The van der Waals surface area contributed by atoms with Crippen LogP contribution in [0, 0.1) is 12.7 Å². The van der Waals surface area contributed by atoms with Gasteiger partial charge in [-0.15, -0.1) is 0 Å². The molecule has 172 valence electrons. The number of ether oxygens (including phenoxy) is 2. The fourth-order valence-corrected chi connectivity index (χ4v) is 4.52. The molecule has 2 aromatic carbocycles. The minimum atomic E-state index is -3.61. The second-order valence-corrected chi connectivity index (χ2v) is 9.53. The van der Waals surface area contributed by atoms with Crippen molar-refractivity contribution in [3.05, 3.63) is 65.6 Å². The molecule has 7 nitrogen and oxygen atoms in total. The number of aromatic amines is 1. The lowest BCUT2D eigenvalue weighted by atomic mass is 10.1. The van der Waals surface area contributed by atoms with Gasteiger partial charge in [0.15, 0.2) is 0 Å². The molecule has 0 unspecified atom stereocenters. The van der Waals surface area contributed by atoms with Crippen molar-refractivity contribution in [2.24, 2.45) is 0 Å². The molecule has 3 rings (SSSR count). The highest BCUT2D eigenvalue weighted by atomic mass is 32.2. The van der Waals surface area contributed by atoms with Crippen molar-refractivity contribution in [3.63, 3.8) is 0 Å². The van der Waals surface area contributed by atoms with E-state index in [0.717, 1.165) is 22.5 Å². The van der Waals surface area contributed by atoms with Gasteiger partial charge in [-0.25, -0.2) is 17.1 Å². The maximum atomic E-state index is 13.1. The molecule has 0 saturated carbocycles. The highest BCUT2D eigenvalue weighted by Gasteiger charge is 2.21. The summed E-state index contributed by atoms with van der Waals surface area (Å²) < 4.78 is 50.9. The third-order valence-electron chi connectivity index (χ3n) is 5.09. The van der Waals surface area contributed by atoms with E-state index < -0.39 is 10.0 Å². The molecule has 9 heteroatoms. The molecule has 0 bridgehead atoms. The number of nitrogens with one attached hydrogen (secondary N) is 1. The average molecular weight is 462 g/mol. The van der Waals surface area contributed by atoms with Crippen LogP contribution in [-0.4, -0.2) is 56.8 Å². The first-order chi connectivity index (χ1) is 15.3. The van der Waals surface area contributed by atoms with Crippen LogP contribution in [0.25, 0.3) is 11.3 Å². The van der Waals surface area contributed by atoms with E-state index in [1.54, 1.807) is 44.5 Å². The summed E-state index contributed by atoms with van der Waals surface area (Å²) in [5.41, 5.74) is 3.19. The number of sulfonamides is 1. The van der Waals surface area contributed by atoms with Gasteiger partial charge in [0, 0.05) is 32.0 Å². The van der Waals surface area contributed by atoms with Gasteiger partial charge in [-0.05, 0) is 73.9 Å². The molecular formula is C23H28FN3O4S. The second-order valence-electron chi connectivity index (χ2n) is 7.48. The van der Waals surface area contributed by atoms with Gasteiger partial charge in [-0.3, -0.25) is 5.10 Å². The first kappa shape index (κ1) is 23.9. The highest BCUT2D eigenvalue weighted by molar-refractivity contribution is 7.89. The van der Waals surface area contributed by atoms with Crippen molar-refractivity contribution in [1.29, 1.82) is 0 Å². The van der Waals surface area contributed by atoms with Gasteiger partial charge < -0.3 is 9.47 Å². The van der Waals surface area contributed by atoms with Gasteiger partial charge >= 0.3 is 0 Å². The van der Waals surface area contributed by atoms with Crippen molar-refractivity contribution in [2.45, 2.75) is 24.7 Å². The third-order valence-corrected chi connectivity index (χ3v) is 6.94. The van der Waals surface area contributed by atoms with Crippen LogP contribution in [0.15, 0.2) is 53.4 Å². The Kier molecular flexibility index (Phi) is 8.00. The minimum absolute atomic E-state index is 0.233. The number of hydrogen-bond acceptors (Lipinski definition) is 5. The molecule has 0 spiro atoms. The molecule has 0 fully saturated rings. The minimum Gasteiger partial charge on any atom is -0.491 e. The lowest BCUT2D eigenvalue weighted by Crippen LogP contribution is -2.28. The Labute approximate surface area is 188 Å². The Morgan fingerprint density at radius 3 is 2.53 bits per heavy atom. The van der Waals surface area contributed by atoms with E-state index in [0.29, 0.717) is 38.3 Å². The van der Waals surface area contributed by atoms with Crippen LogP contribution in [-0.2, 0) is 21.2 Å². The summed E-state index contributed by atoms with van der Waals surface area (Å²) in [6.45, 7) is 3.04.